The predicted molar refractivity (Wildman–Crippen MR) is 50.8 cm³/mol. The van der Waals surface area contributed by atoms with Crippen LogP contribution in [0.25, 0.3) is 0 Å². The summed E-state index contributed by atoms with van der Waals surface area (Å²) in [7, 11) is 0. The summed E-state index contributed by atoms with van der Waals surface area (Å²) in [6, 6.07) is 4.31. The van der Waals surface area contributed by atoms with Gasteiger partial charge in [-0.1, -0.05) is 29.3 Å². The molecule has 0 fully saturated rings. The van der Waals surface area contributed by atoms with E-state index >= 15 is 0 Å². The van der Waals surface area contributed by atoms with Gasteiger partial charge in [0, 0.05) is 5.56 Å². The number of halogens is 2. The van der Waals surface area contributed by atoms with Gasteiger partial charge in [-0.25, -0.2) is 4.98 Å². The number of hydrogen-bond acceptors (Lipinski definition) is 4. The van der Waals surface area contributed by atoms with Gasteiger partial charge in [0.05, 0.1) is 6.07 Å². The van der Waals surface area contributed by atoms with Crippen LogP contribution in [0, 0.1) is 11.3 Å². The van der Waals surface area contributed by atoms with Gasteiger partial charge >= 0.3 is 0 Å². The van der Waals surface area contributed by atoms with Gasteiger partial charge in [-0.05, 0) is 6.07 Å². The van der Waals surface area contributed by atoms with Crippen LogP contribution in [-0.4, -0.2) is 21.3 Å². The van der Waals surface area contributed by atoms with E-state index in [2.05, 4.69) is 4.98 Å². The lowest BCUT2D eigenvalue weighted by Crippen LogP contribution is -2.16. The Labute approximate surface area is 90.3 Å². The van der Waals surface area contributed by atoms with Crippen LogP contribution in [0.4, 0.5) is 0 Å². The molecule has 0 saturated carbocycles. The fourth-order valence-corrected chi connectivity index (χ4v) is 1.34. The maximum absolute atomic E-state index is 9.42. The third kappa shape index (κ3) is 2.34. The molecule has 0 saturated heterocycles. The highest BCUT2D eigenvalue weighted by Gasteiger charge is 2.20. The molecule has 2 N–H and O–H groups in total. The molecule has 2 atom stereocenters. The second kappa shape index (κ2) is 4.58. The number of pyridine rings is 1. The molecule has 2 unspecified atom stereocenters. The number of nitriles is 1. The summed E-state index contributed by atoms with van der Waals surface area (Å²) in [5.41, 5.74) is 0.171. The van der Waals surface area contributed by atoms with E-state index in [1.165, 1.54) is 18.2 Å². The molecule has 0 aliphatic rings. The molecule has 0 radical (unpaired) electrons. The van der Waals surface area contributed by atoms with E-state index in [1.54, 1.807) is 0 Å². The maximum Gasteiger partial charge on any atom is 0.170 e. The molecule has 0 aromatic carbocycles. The second-order valence-corrected chi connectivity index (χ2v) is 3.28. The highest BCUT2D eigenvalue weighted by atomic mass is 35.5. The Morgan fingerprint density at radius 1 is 1.36 bits per heavy atom. The zero-order chi connectivity index (χ0) is 10.7. The lowest BCUT2D eigenvalue weighted by atomic mass is 10.1. The van der Waals surface area contributed by atoms with Crippen molar-refractivity contribution in [3.63, 3.8) is 0 Å². The van der Waals surface area contributed by atoms with Gasteiger partial charge in [-0.15, -0.1) is 0 Å². The number of nitrogens with zero attached hydrogens (tertiary/aromatic N) is 2. The summed E-state index contributed by atoms with van der Waals surface area (Å²) in [6.07, 6.45) is -2.91. The first-order valence-corrected chi connectivity index (χ1v) is 4.39. The lowest BCUT2D eigenvalue weighted by molar-refractivity contribution is 0.0526. The summed E-state index contributed by atoms with van der Waals surface area (Å²) in [6.45, 7) is 0. The van der Waals surface area contributed by atoms with Gasteiger partial charge in [0.15, 0.2) is 6.10 Å². The normalized spacial score (nSPS) is 14.5. The van der Waals surface area contributed by atoms with Crippen LogP contribution in [-0.2, 0) is 0 Å². The molecule has 74 valence electrons. The number of rotatable bonds is 2. The quantitative estimate of drug-likeness (QED) is 0.596. The summed E-state index contributed by atoms with van der Waals surface area (Å²) in [5.74, 6) is 0. The minimum Gasteiger partial charge on any atom is -0.384 e. The smallest absolute Gasteiger partial charge is 0.170 e. The van der Waals surface area contributed by atoms with Crippen molar-refractivity contribution in [3.8, 4) is 6.07 Å². The minimum absolute atomic E-state index is 0.0284. The molecule has 1 rings (SSSR count). The molecule has 6 heteroatoms. The van der Waals surface area contributed by atoms with Crippen LogP contribution in [0.1, 0.15) is 11.7 Å². The monoisotopic (exact) mass is 232 g/mol. The van der Waals surface area contributed by atoms with Crippen LogP contribution < -0.4 is 0 Å². The summed E-state index contributed by atoms with van der Waals surface area (Å²) < 4.78 is 0. The molecule has 0 aliphatic carbocycles. The van der Waals surface area contributed by atoms with Crippen molar-refractivity contribution in [2.75, 3.05) is 0 Å². The number of aliphatic hydroxyl groups excluding tert-OH is 2. The first-order valence-electron chi connectivity index (χ1n) is 3.64. The summed E-state index contributed by atoms with van der Waals surface area (Å²) >= 11 is 11.2. The van der Waals surface area contributed by atoms with Crippen LogP contribution >= 0.6 is 23.2 Å². The molecular formula is C8H6Cl2N2O2. The minimum atomic E-state index is -1.53. The van der Waals surface area contributed by atoms with Crippen LogP contribution in [0.3, 0.4) is 0 Å². The average Bonchev–Trinajstić information content (AvgIpc) is 2.15. The predicted octanol–water partition coefficient (Wildman–Crippen LogP) is 1.31. The second-order valence-electron chi connectivity index (χ2n) is 2.53. The standard InChI is InChI=1S/C8H6Cl2N2O2/c9-6-2-1-4(8(10)12-6)7(14)5(13)3-11/h1-2,5,7,13-14H. The van der Waals surface area contributed by atoms with Gasteiger partial charge in [-0.2, -0.15) is 5.26 Å². The van der Waals surface area contributed by atoms with E-state index in [1.807, 2.05) is 0 Å². The molecule has 0 bridgehead atoms. The zero-order valence-corrected chi connectivity index (χ0v) is 8.37. The largest absolute Gasteiger partial charge is 0.384 e. The Morgan fingerprint density at radius 2 is 2.00 bits per heavy atom. The van der Waals surface area contributed by atoms with Crippen molar-refractivity contribution >= 4 is 23.2 Å². The Hall–Kier alpha value is -0.860. The molecule has 14 heavy (non-hydrogen) atoms. The maximum atomic E-state index is 9.42. The fourth-order valence-electron chi connectivity index (χ4n) is 0.884. The fraction of sp³-hybridized carbons (Fsp3) is 0.250. The third-order valence-corrected chi connectivity index (χ3v) is 2.11. The molecule has 0 amide bonds. The Bertz CT molecular complexity index is 378. The Kier molecular flexibility index (Phi) is 3.67. The first kappa shape index (κ1) is 11.2. The van der Waals surface area contributed by atoms with Crippen molar-refractivity contribution in [2.45, 2.75) is 12.2 Å². The molecule has 4 nitrogen and oxygen atoms in total. The topological polar surface area (TPSA) is 77.1 Å². The van der Waals surface area contributed by atoms with Crippen molar-refractivity contribution < 1.29 is 10.2 Å². The Morgan fingerprint density at radius 3 is 2.50 bits per heavy atom. The van der Waals surface area contributed by atoms with Crippen molar-refractivity contribution in [1.82, 2.24) is 4.98 Å². The van der Waals surface area contributed by atoms with E-state index in [0.717, 1.165) is 0 Å². The highest BCUT2D eigenvalue weighted by Crippen LogP contribution is 2.24. The third-order valence-electron chi connectivity index (χ3n) is 1.59. The molecule has 1 aromatic heterocycles. The van der Waals surface area contributed by atoms with Crippen LogP contribution in [0.15, 0.2) is 12.1 Å². The Balaban J connectivity index is 3.03. The number of hydrogen-bond donors (Lipinski definition) is 2. The molecule has 1 aromatic rings. The van der Waals surface area contributed by atoms with Gasteiger partial charge in [0.2, 0.25) is 0 Å². The first-order chi connectivity index (χ1) is 6.56. The lowest BCUT2D eigenvalue weighted by Gasteiger charge is -2.12. The van der Waals surface area contributed by atoms with Gasteiger partial charge in [0.25, 0.3) is 0 Å². The zero-order valence-electron chi connectivity index (χ0n) is 6.85. The van der Waals surface area contributed by atoms with E-state index in [0.29, 0.717) is 0 Å². The summed E-state index contributed by atoms with van der Waals surface area (Å²) in [4.78, 5) is 3.66. The van der Waals surface area contributed by atoms with Crippen molar-refractivity contribution in [3.05, 3.63) is 28.0 Å². The average molecular weight is 233 g/mol. The van der Waals surface area contributed by atoms with Crippen molar-refractivity contribution in [2.24, 2.45) is 0 Å². The van der Waals surface area contributed by atoms with E-state index in [-0.39, 0.29) is 15.9 Å². The molecule has 0 spiro atoms. The van der Waals surface area contributed by atoms with Crippen LogP contribution in [0.5, 0.6) is 0 Å². The van der Waals surface area contributed by atoms with Crippen molar-refractivity contribution in [1.29, 1.82) is 5.26 Å². The van der Waals surface area contributed by atoms with E-state index in [9.17, 15) is 5.11 Å². The van der Waals surface area contributed by atoms with Gasteiger partial charge in [-0.3, -0.25) is 0 Å². The number of aromatic nitrogens is 1. The highest BCUT2D eigenvalue weighted by molar-refractivity contribution is 6.32. The van der Waals surface area contributed by atoms with Gasteiger partial charge < -0.3 is 10.2 Å². The number of aliphatic hydroxyl groups is 2. The summed E-state index contributed by atoms with van der Waals surface area (Å²) in [5, 5.41) is 27.0. The molecule has 1 heterocycles. The van der Waals surface area contributed by atoms with E-state index in [4.69, 9.17) is 33.6 Å². The SMILES string of the molecule is N#CC(O)C(O)c1ccc(Cl)nc1Cl. The molecular weight excluding hydrogens is 227 g/mol. The van der Waals surface area contributed by atoms with Crippen LogP contribution in [0.2, 0.25) is 10.3 Å². The van der Waals surface area contributed by atoms with E-state index < -0.39 is 12.2 Å². The van der Waals surface area contributed by atoms with Gasteiger partial charge in [0.1, 0.15) is 16.4 Å². The molecule has 0 aliphatic heterocycles.